The lowest BCUT2D eigenvalue weighted by Crippen LogP contribution is -2.30. The Labute approximate surface area is 119 Å². The normalized spacial score (nSPS) is 10.9. The van der Waals surface area contributed by atoms with Crippen molar-refractivity contribution >= 4 is 27.5 Å². The molecular weight excluding hydrogens is 306 g/mol. The van der Waals surface area contributed by atoms with Gasteiger partial charge in [-0.25, -0.2) is 17.9 Å². The summed E-state index contributed by atoms with van der Waals surface area (Å²) in [6.45, 7) is -0.473. The van der Waals surface area contributed by atoms with Crippen molar-refractivity contribution in [2.45, 2.75) is 4.90 Å². The maximum Gasteiger partial charge on any atom is 0.404 e. The van der Waals surface area contributed by atoms with Crippen LogP contribution in [0.5, 0.6) is 0 Å². The van der Waals surface area contributed by atoms with Gasteiger partial charge in [0, 0.05) is 18.7 Å². The summed E-state index contributed by atoms with van der Waals surface area (Å²) >= 11 is 0. The molecule has 11 nitrogen and oxygen atoms in total. The second kappa shape index (κ2) is 6.83. The van der Waals surface area contributed by atoms with E-state index in [1.54, 1.807) is 0 Å². The van der Waals surface area contributed by atoms with Gasteiger partial charge in [0.2, 0.25) is 10.0 Å². The minimum Gasteiger partial charge on any atom is -0.448 e. The van der Waals surface area contributed by atoms with Gasteiger partial charge in [0.05, 0.1) is 10.6 Å². The highest BCUT2D eigenvalue weighted by Crippen LogP contribution is 2.25. The van der Waals surface area contributed by atoms with E-state index in [4.69, 9.17) is 11.6 Å². The van der Waals surface area contributed by atoms with Gasteiger partial charge in [-0.15, -0.1) is 0 Å². The van der Waals surface area contributed by atoms with E-state index in [2.05, 4.69) is 14.9 Å². The number of hydrogen-bond acceptors (Lipinski definition) is 8. The van der Waals surface area contributed by atoms with Crippen LogP contribution in [0.25, 0.3) is 0 Å². The largest absolute Gasteiger partial charge is 0.448 e. The second-order valence-corrected chi connectivity index (χ2v) is 5.38. The molecule has 1 rings (SSSR count). The van der Waals surface area contributed by atoms with Crippen LogP contribution in [0.4, 0.5) is 16.2 Å². The summed E-state index contributed by atoms with van der Waals surface area (Å²) in [5, 5.41) is 10.6. The Kier molecular flexibility index (Phi) is 5.40. The molecule has 0 radical (unpaired) electrons. The highest BCUT2D eigenvalue weighted by molar-refractivity contribution is 7.89. The third kappa shape index (κ3) is 4.55. The first-order valence-electron chi connectivity index (χ1n) is 5.45. The van der Waals surface area contributed by atoms with Crippen LogP contribution in [-0.4, -0.2) is 32.6 Å². The van der Waals surface area contributed by atoms with Crippen LogP contribution in [-0.2, 0) is 14.8 Å². The molecule has 21 heavy (non-hydrogen) atoms. The van der Waals surface area contributed by atoms with Gasteiger partial charge in [-0.1, -0.05) is 0 Å². The molecule has 0 aliphatic carbocycles. The molecule has 0 aliphatic heterocycles. The van der Waals surface area contributed by atoms with Crippen molar-refractivity contribution in [3.8, 4) is 0 Å². The smallest absolute Gasteiger partial charge is 0.404 e. The molecule has 6 N–H and O–H groups in total. The van der Waals surface area contributed by atoms with E-state index < -0.39 is 21.0 Å². The monoisotopic (exact) mass is 319 g/mol. The molecule has 116 valence electrons. The van der Waals surface area contributed by atoms with E-state index in [1.807, 2.05) is 0 Å². The second-order valence-electron chi connectivity index (χ2n) is 3.65. The number of nitro benzene ring substituents is 1. The van der Waals surface area contributed by atoms with Gasteiger partial charge >= 0.3 is 6.09 Å². The number of rotatable bonds is 7. The summed E-state index contributed by atoms with van der Waals surface area (Å²) in [6, 6.07) is 3.04. The molecule has 0 atom stereocenters. The molecule has 0 saturated carbocycles. The number of sulfonamides is 1. The predicted molar refractivity (Wildman–Crippen MR) is 71.6 cm³/mol. The van der Waals surface area contributed by atoms with Crippen molar-refractivity contribution in [2.24, 2.45) is 11.6 Å². The fourth-order valence-electron chi connectivity index (χ4n) is 1.38. The zero-order valence-corrected chi connectivity index (χ0v) is 11.4. The zero-order chi connectivity index (χ0) is 16.0. The number of non-ortho nitro benzene ring substituents is 1. The summed E-state index contributed by atoms with van der Waals surface area (Å²) in [4.78, 5) is 20.0. The number of ether oxygens (including phenoxy) is 1. The summed E-state index contributed by atoms with van der Waals surface area (Å²) < 4.78 is 30.5. The molecule has 0 spiro atoms. The van der Waals surface area contributed by atoms with Gasteiger partial charge in [-0.2, -0.15) is 0 Å². The van der Waals surface area contributed by atoms with E-state index >= 15 is 0 Å². The highest BCUT2D eigenvalue weighted by atomic mass is 32.2. The topological polar surface area (TPSA) is 180 Å². The van der Waals surface area contributed by atoms with E-state index in [9.17, 15) is 23.3 Å². The van der Waals surface area contributed by atoms with Crippen molar-refractivity contribution < 1.29 is 22.9 Å². The number of hydrogen-bond donors (Lipinski definition) is 4. The molecule has 0 aromatic heterocycles. The lowest BCUT2D eigenvalue weighted by atomic mass is 10.3. The van der Waals surface area contributed by atoms with Crippen LogP contribution >= 0.6 is 0 Å². The standard InChI is InChI=1S/C9H13N5O6S/c10-9(15)20-4-3-12-21(18,19)8-2-1-6(14(16)17)5-7(8)13-11/h1-2,5,12-13H,3-4,11H2,(H2,10,15). The lowest BCUT2D eigenvalue weighted by Gasteiger charge is -2.10. The minimum atomic E-state index is -3.99. The SMILES string of the molecule is NNc1cc([N+](=O)[O-])ccc1S(=O)(=O)NCCOC(N)=O. The molecule has 0 aliphatic rings. The van der Waals surface area contributed by atoms with Crippen LogP contribution in [0.2, 0.25) is 0 Å². The van der Waals surface area contributed by atoms with Gasteiger partial charge < -0.3 is 15.9 Å². The number of benzene rings is 1. The number of anilines is 1. The molecule has 12 heteroatoms. The molecule has 1 aromatic rings. The van der Waals surface area contributed by atoms with Crippen LogP contribution in [0.1, 0.15) is 0 Å². The molecule has 0 heterocycles. The molecule has 0 unspecified atom stereocenters. The van der Waals surface area contributed by atoms with Gasteiger partial charge in [0.25, 0.3) is 5.69 Å². The Morgan fingerprint density at radius 3 is 2.62 bits per heavy atom. The van der Waals surface area contributed by atoms with Gasteiger partial charge in [0.15, 0.2) is 0 Å². The fourth-order valence-corrected chi connectivity index (χ4v) is 2.55. The van der Waals surface area contributed by atoms with Crippen LogP contribution in [0.15, 0.2) is 23.1 Å². The van der Waals surface area contributed by atoms with E-state index in [-0.39, 0.29) is 29.4 Å². The number of hydrazine groups is 1. The summed E-state index contributed by atoms with van der Waals surface area (Å²) in [5.74, 6) is 5.16. The number of carbonyl (C=O) groups is 1. The number of nitrogen functional groups attached to an aromatic ring is 1. The number of nitrogens with two attached hydrogens (primary N) is 2. The first-order chi connectivity index (χ1) is 9.77. The summed E-state index contributed by atoms with van der Waals surface area (Å²) in [6.07, 6.45) is -1.03. The van der Waals surface area contributed by atoms with Gasteiger partial charge in [-0.3, -0.25) is 16.0 Å². The Bertz CT molecular complexity index is 646. The van der Waals surface area contributed by atoms with Crippen molar-refractivity contribution in [1.82, 2.24) is 4.72 Å². The van der Waals surface area contributed by atoms with E-state index in [0.29, 0.717) is 0 Å². The molecule has 0 saturated heterocycles. The summed E-state index contributed by atoms with van der Waals surface area (Å²) in [7, 11) is -3.99. The molecule has 1 aromatic carbocycles. The zero-order valence-electron chi connectivity index (χ0n) is 10.6. The van der Waals surface area contributed by atoms with Crippen molar-refractivity contribution in [3.63, 3.8) is 0 Å². The Balaban J connectivity index is 2.92. The minimum absolute atomic E-state index is 0.146. The summed E-state index contributed by atoms with van der Waals surface area (Å²) in [5.41, 5.74) is 6.33. The third-order valence-electron chi connectivity index (χ3n) is 2.26. The fraction of sp³-hybridized carbons (Fsp3) is 0.222. The number of nitrogens with zero attached hydrogens (tertiary/aromatic N) is 1. The van der Waals surface area contributed by atoms with Crippen LogP contribution < -0.4 is 21.7 Å². The number of primary amides is 1. The van der Waals surface area contributed by atoms with Gasteiger partial charge in [0.1, 0.15) is 11.5 Å². The van der Waals surface area contributed by atoms with E-state index in [0.717, 1.165) is 18.2 Å². The van der Waals surface area contributed by atoms with Crippen molar-refractivity contribution in [3.05, 3.63) is 28.3 Å². The number of amides is 1. The molecule has 0 bridgehead atoms. The van der Waals surface area contributed by atoms with Crippen molar-refractivity contribution in [1.29, 1.82) is 0 Å². The Morgan fingerprint density at radius 1 is 1.43 bits per heavy atom. The van der Waals surface area contributed by atoms with Gasteiger partial charge in [-0.05, 0) is 6.07 Å². The first kappa shape index (κ1) is 16.6. The number of nitrogens with one attached hydrogen (secondary N) is 2. The van der Waals surface area contributed by atoms with Crippen LogP contribution in [0, 0.1) is 10.1 Å². The average molecular weight is 319 g/mol. The average Bonchev–Trinajstić information content (AvgIpc) is 2.42. The molecular formula is C9H13N5O6S. The predicted octanol–water partition coefficient (Wildman–Crippen LogP) is -0.746. The maximum absolute atomic E-state index is 12.0. The number of carbonyl (C=O) groups excluding carboxylic acids is 1. The maximum atomic E-state index is 12.0. The Hall–Kier alpha value is -2.44. The van der Waals surface area contributed by atoms with Crippen molar-refractivity contribution in [2.75, 3.05) is 18.6 Å². The van der Waals surface area contributed by atoms with E-state index in [1.165, 1.54) is 0 Å². The molecule has 0 fully saturated rings. The highest BCUT2D eigenvalue weighted by Gasteiger charge is 2.20. The lowest BCUT2D eigenvalue weighted by molar-refractivity contribution is -0.384. The first-order valence-corrected chi connectivity index (χ1v) is 6.93. The third-order valence-corrected chi connectivity index (χ3v) is 3.78. The van der Waals surface area contributed by atoms with Crippen LogP contribution in [0.3, 0.4) is 0 Å². The number of nitro groups is 1. The molecule has 1 amide bonds. The Morgan fingerprint density at radius 2 is 2.10 bits per heavy atom. The quantitative estimate of drug-likeness (QED) is 0.219.